The minimum absolute atomic E-state index is 0.0292. The van der Waals surface area contributed by atoms with Gasteiger partial charge in [-0.3, -0.25) is 9.36 Å². The maximum absolute atomic E-state index is 13.5. The summed E-state index contributed by atoms with van der Waals surface area (Å²) >= 11 is 0.933. The average molecular weight is 419 g/mol. The van der Waals surface area contributed by atoms with Gasteiger partial charge in [-0.1, -0.05) is 6.07 Å². The topological polar surface area (TPSA) is 107 Å². The molecule has 8 nitrogen and oxygen atoms in total. The van der Waals surface area contributed by atoms with E-state index in [4.69, 9.17) is 0 Å². The molecule has 4 rings (SSSR count). The quantitative estimate of drug-likeness (QED) is 0.529. The molecule has 4 aromatic rings. The van der Waals surface area contributed by atoms with Crippen molar-refractivity contribution in [3.8, 4) is 0 Å². The summed E-state index contributed by atoms with van der Waals surface area (Å²) in [4.78, 5) is 16.9. The monoisotopic (exact) mass is 419 g/mol. The first-order chi connectivity index (χ1) is 13.4. The molecule has 0 saturated carbocycles. The fraction of sp³-hybridized carbons (Fsp3) is 0.176. The third-order valence-corrected chi connectivity index (χ3v) is 6.31. The van der Waals surface area contributed by atoms with E-state index < -0.39 is 21.4 Å². The molecule has 0 fully saturated rings. The Balaban J connectivity index is 1.60. The fourth-order valence-corrected chi connectivity index (χ4v) is 4.72. The zero-order valence-electron chi connectivity index (χ0n) is 14.6. The van der Waals surface area contributed by atoms with Crippen LogP contribution in [0.5, 0.6) is 0 Å². The first-order valence-corrected chi connectivity index (χ1v) is 10.5. The van der Waals surface area contributed by atoms with Crippen LogP contribution in [0.1, 0.15) is 5.82 Å². The number of nitrogens with one attached hydrogen (secondary N) is 1. The molecule has 0 unspecified atom stereocenters. The smallest absolute Gasteiger partial charge is 0.261 e. The van der Waals surface area contributed by atoms with Crippen LogP contribution in [-0.4, -0.2) is 33.3 Å². The standard InChI is InChI=1S/C17H14FN5O3S2/c1-10-20-13-6-5-11(18)9-12(13)17(24)23(10)8-7-19-28(25,26)15-4-2-3-14-16(15)22-27-21-14/h2-6,9,19H,7-8H2,1H3. The predicted octanol–water partition coefficient (Wildman–Crippen LogP) is 1.83. The van der Waals surface area contributed by atoms with Gasteiger partial charge in [-0.05, 0) is 37.3 Å². The Labute approximate surface area is 163 Å². The highest BCUT2D eigenvalue weighted by Gasteiger charge is 2.19. The lowest BCUT2D eigenvalue weighted by Crippen LogP contribution is -2.32. The Kier molecular flexibility index (Phi) is 4.65. The number of aromatic nitrogens is 4. The molecule has 0 atom stereocenters. The number of hydrogen-bond acceptors (Lipinski definition) is 7. The number of benzene rings is 2. The van der Waals surface area contributed by atoms with Crippen LogP contribution < -0.4 is 10.3 Å². The van der Waals surface area contributed by atoms with E-state index in [0.717, 1.165) is 17.8 Å². The van der Waals surface area contributed by atoms with Gasteiger partial charge in [0.15, 0.2) is 0 Å². The number of rotatable bonds is 5. The van der Waals surface area contributed by atoms with Crippen molar-refractivity contribution < 1.29 is 12.8 Å². The second-order valence-corrected chi connectivity index (χ2v) is 8.33. The average Bonchev–Trinajstić information content (AvgIpc) is 3.13. The Morgan fingerprint density at radius 3 is 2.82 bits per heavy atom. The number of hydrogen-bond donors (Lipinski definition) is 1. The van der Waals surface area contributed by atoms with Crippen molar-refractivity contribution in [1.82, 2.24) is 23.0 Å². The van der Waals surface area contributed by atoms with Gasteiger partial charge in [-0.15, -0.1) is 0 Å². The number of fused-ring (bicyclic) bond motifs is 2. The summed E-state index contributed by atoms with van der Waals surface area (Å²) in [5.74, 6) is -0.124. The molecule has 11 heteroatoms. The Hall–Kier alpha value is -2.76. The minimum Gasteiger partial charge on any atom is -0.295 e. The fourth-order valence-electron chi connectivity index (χ4n) is 2.94. The van der Waals surface area contributed by atoms with Crippen molar-refractivity contribution in [2.45, 2.75) is 18.4 Å². The maximum atomic E-state index is 13.5. The number of nitrogens with zero attached hydrogens (tertiary/aromatic N) is 4. The highest BCUT2D eigenvalue weighted by molar-refractivity contribution is 7.89. The molecule has 0 saturated heterocycles. The van der Waals surface area contributed by atoms with Crippen molar-refractivity contribution in [3.63, 3.8) is 0 Å². The van der Waals surface area contributed by atoms with Gasteiger partial charge in [0.05, 0.1) is 22.6 Å². The summed E-state index contributed by atoms with van der Waals surface area (Å²) < 4.78 is 50.6. The van der Waals surface area contributed by atoms with Gasteiger partial charge in [-0.25, -0.2) is 22.5 Å². The lowest BCUT2D eigenvalue weighted by atomic mass is 10.2. The summed E-state index contributed by atoms with van der Waals surface area (Å²) in [6, 6.07) is 8.52. The van der Waals surface area contributed by atoms with E-state index in [0.29, 0.717) is 22.4 Å². The van der Waals surface area contributed by atoms with E-state index in [-0.39, 0.29) is 23.4 Å². The van der Waals surface area contributed by atoms with Crippen molar-refractivity contribution in [2.75, 3.05) is 6.54 Å². The van der Waals surface area contributed by atoms with Crippen LogP contribution >= 0.6 is 11.7 Å². The minimum atomic E-state index is -3.84. The highest BCUT2D eigenvalue weighted by atomic mass is 32.2. The van der Waals surface area contributed by atoms with Gasteiger partial charge < -0.3 is 0 Å². The molecular formula is C17H14FN5O3S2. The molecule has 28 heavy (non-hydrogen) atoms. The van der Waals surface area contributed by atoms with Gasteiger partial charge in [0.2, 0.25) is 10.0 Å². The molecule has 0 aliphatic rings. The summed E-state index contributed by atoms with van der Waals surface area (Å²) in [5, 5.41) is 0.145. The molecule has 2 aromatic heterocycles. The molecule has 0 spiro atoms. The third-order valence-electron chi connectivity index (χ3n) is 4.27. The van der Waals surface area contributed by atoms with Gasteiger partial charge >= 0.3 is 0 Å². The third kappa shape index (κ3) is 3.28. The van der Waals surface area contributed by atoms with Crippen molar-refractivity contribution in [3.05, 3.63) is 58.4 Å². The molecule has 0 radical (unpaired) electrons. The molecule has 0 aliphatic heterocycles. The van der Waals surface area contributed by atoms with Crippen LogP contribution in [-0.2, 0) is 16.6 Å². The van der Waals surface area contributed by atoms with Crippen molar-refractivity contribution in [1.29, 1.82) is 0 Å². The number of sulfonamides is 1. The van der Waals surface area contributed by atoms with Gasteiger partial charge in [0.25, 0.3) is 5.56 Å². The Morgan fingerprint density at radius 2 is 2.00 bits per heavy atom. The second kappa shape index (κ2) is 7.00. The van der Waals surface area contributed by atoms with Crippen LogP contribution in [0, 0.1) is 12.7 Å². The lowest BCUT2D eigenvalue weighted by Gasteiger charge is -2.12. The van der Waals surface area contributed by atoms with E-state index in [1.165, 1.54) is 22.8 Å². The summed E-state index contributed by atoms with van der Waals surface area (Å²) in [6.07, 6.45) is 0. The first-order valence-electron chi connectivity index (χ1n) is 8.24. The zero-order chi connectivity index (χ0) is 19.9. The van der Waals surface area contributed by atoms with Crippen molar-refractivity contribution >= 4 is 43.7 Å². The van der Waals surface area contributed by atoms with E-state index >= 15 is 0 Å². The van der Waals surface area contributed by atoms with E-state index in [9.17, 15) is 17.6 Å². The Bertz CT molecular complexity index is 1360. The van der Waals surface area contributed by atoms with Gasteiger partial charge in [0, 0.05) is 13.1 Å². The summed E-state index contributed by atoms with van der Waals surface area (Å²) in [6.45, 7) is 1.65. The maximum Gasteiger partial charge on any atom is 0.261 e. The highest BCUT2D eigenvalue weighted by Crippen LogP contribution is 2.20. The van der Waals surface area contributed by atoms with Crippen LogP contribution in [0.15, 0.2) is 46.1 Å². The largest absolute Gasteiger partial charge is 0.295 e. The molecule has 2 aromatic carbocycles. The molecular weight excluding hydrogens is 405 g/mol. The number of halogens is 1. The SMILES string of the molecule is Cc1nc2ccc(F)cc2c(=O)n1CCNS(=O)(=O)c1cccc2nsnc12. The molecule has 2 heterocycles. The van der Waals surface area contributed by atoms with Crippen molar-refractivity contribution in [2.24, 2.45) is 0 Å². The number of aryl methyl sites for hydroxylation is 1. The second-order valence-electron chi connectivity index (χ2n) is 6.06. The van der Waals surface area contributed by atoms with E-state index in [1.54, 1.807) is 19.1 Å². The molecule has 0 aliphatic carbocycles. The summed E-state index contributed by atoms with van der Waals surface area (Å²) in [7, 11) is -3.84. The van der Waals surface area contributed by atoms with Crippen LogP contribution in [0.4, 0.5) is 4.39 Å². The summed E-state index contributed by atoms with van der Waals surface area (Å²) in [5.41, 5.74) is 0.771. The van der Waals surface area contributed by atoms with Gasteiger partial charge in [0.1, 0.15) is 27.6 Å². The van der Waals surface area contributed by atoms with E-state index in [1.807, 2.05) is 0 Å². The predicted molar refractivity (Wildman–Crippen MR) is 103 cm³/mol. The molecule has 1 N–H and O–H groups in total. The molecule has 144 valence electrons. The van der Waals surface area contributed by atoms with E-state index in [2.05, 4.69) is 18.5 Å². The lowest BCUT2D eigenvalue weighted by molar-refractivity contribution is 0.567. The first kappa shape index (κ1) is 18.6. The van der Waals surface area contributed by atoms with Crippen LogP contribution in [0.25, 0.3) is 21.9 Å². The Morgan fingerprint density at radius 1 is 1.18 bits per heavy atom. The molecule has 0 amide bonds. The van der Waals surface area contributed by atoms with Crippen LogP contribution in [0.3, 0.4) is 0 Å². The zero-order valence-corrected chi connectivity index (χ0v) is 16.2. The molecule has 0 bridgehead atoms. The van der Waals surface area contributed by atoms with Gasteiger partial charge in [-0.2, -0.15) is 8.75 Å². The van der Waals surface area contributed by atoms with Crippen LogP contribution in [0.2, 0.25) is 0 Å². The normalized spacial score (nSPS) is 12.1.